The van der Waals surface area contributed by atoms with Crippen molar-refractivity contribution >= 4 is 16.9 Å². The van der Waals surface area contributed by atoms with Crippen LogP contribution in [0.25, 0.3) is 11.0 Å². The molecule has 4 nitrogen and oxygen atoms in total. The molecule has 0 unspecified atom stereocenters. The lowest BCUT2D eigenvalue weighted by Gasteiger charge is -2.33. The van der Waals surface area contributed by atoms with E-state index in [9.17, 15) is 18.0 Å². The first-order chi connectivity index (χ1) is 13.4. The van der Waals surface area contributed by atoms with Gasteiger partial charge in [-0.1, -0.05) is 18.2 Å². The van der Waals surface area contributed by atoms with Crippen LogP contribution in [0.1, 0.15) is 40.4 Å². The van der Waals surface area contributed by atoms with Gasteiger partial charge in [0.15, 0.2) is 0 Å². The van der Waals surface area contributed by atoms with Crippen LogP contribution in [0.2, 0.25) is 0 Å². The number of hydrogen-bond acceptors (Lipinski definition) is 2. The molecule has 4 rings (SSSR count). The fourth-order valence-corrected chi connectivity index (χ4v) is 4.03. The van der Waals surface area contributed by atoms with Crippen molar-refractivity contribution in [2.45, 2.75) is 24.9 Å². The molecule has 1 aliphatic heterocycles. The van der Waals surface area contributed by atoms with E-state index in [0.717, 1.165) is 17.1 Å². The Morgan fingerprint density at radius 1 is 1.11 bits per heavy atom. The van der Waals surface area contributed by atoms with Gasteiger partial charge < -0.3 is 9.47 Å². The maximum absolute atomic E-state index is 13.3. The minimum absolute atomic E-state index is 0.108. The van der Waals surface area contributed by atoms with Crippen LogP contribution >= 0.6 is 0 Å². The van der Waals surface area contributed by atoms with Gasteiger partial charge in [-0.25, -0.2) is 0 Å². The number of piperidine rings is 1. The van der Waals surface area contributed by atoms with Crippen LogP contribution in [-0.4, -0.2) is 33.4 Å². The number of benzene rings is 1. The summed E-state index contributed by atoms with van der Waals surface area (Å²) in [7, 11) is 1.82. The summed E-state index contributed by atoms with van der Waals surface area (Å²) in [5, 5.41) is 0. The molecule has 1 amide bonds. The van der Waals surface area contributed by atoms with Gasteiger partial charge in [0.05, 0.1) is 16.6 Å². The summed E-state index contributed by atoms with van der Waals surface area (Å²) in [5.41, 5.74) is 1.93. The first kappa shape index (κ1) is 18.5. The molecule has 0 spiro atoms. The van der Waals surface area contributed by atoms with E-state index in [2.05, 4.69) is 4.98 Å². The molecule has 1 fully saturated rings. The van der Waals surface area contributed by atoms with Crippen LogP contribution in [-0.2, 0) is 13.2 Å². The Morgan fingerprint density at radius 3 is 2.50 bits per heavy atom. The van der Waals surface area contributed by atoms with E-state index < -0.39 is 11.7 Å². The summed E-state index contributed by atoms with van der Waals surface area (Å²) in [5.74, 6) is -0.306. The molecule has 0 atom stereocenters. The molecular weight excluding hydrogens is 367 g/mol. The molecular formula is C21H20F3N3O. The van der Waals surface area contributed by atoms with Crippen molar-refractivity contribution in [3.8, 4) is 0 Å². The van der Waals surface area contributed by atoms with Crippen molar-refractivity contribution in [1.82, 2.24) is 14.5 Å². The van der Waals surface area contributed by atoms with Gasteiger partial charge in [0, 0.05) is 26.3 Å². The molecule has 7 heteroatoms. The number of hydrogen-bond donors (Lipinski definition) is 0. The minimum atomic E-state index is -4.36. The van der Waals surface area contributed by atoms with Gasteiger partial charge in [-0.3, -0.25) is 9.78 Å². The SMILES string of the molecule is Cn1c(C(=O)N2CCC(c3ccccc3C(F)(F)F)CC2)cc2ncccc21. The number of alkyl halides is 3. The number of amides is 1. The molecule has 0 N–H and O–H groups in total. The normalized spacial score (nSPS) is 15.9. The van der Waals surface area contributed by atoms with Gasteiger partial charge >= 0.3 is 6.18 Å². The molecule has 28 heavy (non-hydrogen) atoms. The van der Waals surface area contributed by atoms with E-state index >= 15 is 0 Å². The fourth-order valence-electron chi connectivity index (χ4n) is 4.03. The first-order valence-electron chi connectivity index (χ1n) is 9.22. The highest BCUT2D eigenvalue weighted by Gasteiger charge is 2.36. The zero-order chi connectivity index (χ0) is 19.9. The Balaban J connectivity index is 1.52. The van der Waals surface area contributed by atoms with Gasteiger partial charge in [0.1, 0.15) is 5.69 Å². The van der Waals surface area contributed by atoms with Crippen molar-refractivity contribution in [3.05, 3.63) is 65.5 Å². The Bertz CT molecular complexity index is 1020. The third-order valence-corrected chi connectivity index (χ3v) is 5.52. The van der Waals surface area contributed by atoms with Crippen molar-refractivity contribution in [2.24, 2.45) is 7.05 Å². The Labute approximate surface area is 160 Å². The Morgan fingerprint density at radius 2 is 1.82 bits per heavy atom. The smallest absolute Gasteiger partial charge is 0.338 e. The maximum atomic E-state index is 13.3. The van der Waals surface area contributed by atoms with E-state index in [1.54, 1.807) is 29.3 Å². The van der Waals surface area contributed by atoms with E-state index in [0.29, 0.717) is 37.2 Å². The van der Waals surface area contributed by atoms with Gasteiger partial charge in [-0.05, 0) is 48.6 Å². The topological polar surface area (TPSA) is 38.1 Å². The number of carbonyl (C=O) groups is 1. The van der Waals surface area contributed by atoms with E-state index in [1.165, 1.54) is 6.07 Å². The molecule has 1 saturated heterocycles. The molecule has 1 aliphatic rings. The highest BCUT2D eigenvalue weighted by Crippen LogP contribution is 2.38. The molecule has 3 aromatic rings. The first-order valence-corrected chi connectivity index (χ1v) is 9.22. The highest BCUT2D eigenvalue weighted by atomic mass is 19.4. The molecule has 3 heterocycles. The number of pyridine rings is 1. The molecule has 146 valence electrons. The van der Waals surface area contributed by atoms with Crippen molar-refractivity contribution in [1.29, 1.82) is 0 Å². The zero-order valence-electron chi connectivity index (χ0n) is 15.4. The molecule has 2 aromatic heterocycles. The fraction of sp³-hybridized carbons (Fsp3) is 0.333. The summed E-state index contributed by atoms with van der Waals surface area (Å²) in [6, 6.07) is 11.2. The quantitative estimate of drug-likeness (QED) is 0.644. The molecule has 1 aromatic carbocycles. The van der Waals surface area contributed by atoms with E-state index in [-0.39, 0.29) is 11.8 Å². The lowest BCUT2D eigenvalue weighted by atomic mass is 9.86. The number of nitrogens with zero attached hydrogens (tertiary/aromatic N) is 3. The third-order valence-electron chi connectivity index (χ3n) is 5.52. The minimum Gasteiger partial charge on any atom is -0.338 e. The van der Waals surface area contributed by atoms with Crippen LogP contribution in [0, 0.1) is 0 Å². The van der Waals surface area contributed by atoms with Gasteiger partial charge in [-0.15, -0.1) is 0 Å². The summed E-state index contributed by atoms with van der Waals surface area (Å²) in [6.07, 6.45) is -1.65. The lowest BCUT2D eigenvalue weighted by Crippen LogP contribution is -2.39. The monoisotopic (exact) mass is 387 g/mol. The van der Waals surface area contributed by atoms with Gasteiger partial charge in [0.2, 0.25) is 0 Å². The van der Waals surface area contributed by atoms with Crippen LogP contribution < -0.4 is 0 Å². The van der Waals surface area contributed by atoms with Crippen molar-refractivity contribution in [3.63, 3.8) is 0 Å². The Kier molecular flexibility index (Phi) is 4.61. The van der Waals surface area contributed by atoms with Crippen molar-refractivity contribution < 1.29 is 18.0 Å². The van der Waals surface area contributed by atoms with Crippen LogP contribution in [0.5, 0.6) is 0 Å². The largest absolute Gasteiger partial charge is 0.416 e. The highest BCUT2D eigenvalue weighted by molar-refractivity contribution is 5.97. The second-order valence-corrected chi connectivity index (χ2v) is 7.15. The average Bonchev–Trinajstić information content (AvgIpc) is 3.04. The number of rotatable bonds is 2. The molecule has 0 saturated carbocycles. The van der Waals surface area contributed by atoms with Gasteiger partial charge in [0.25, 0.3) is 5.91 Å². The molecule has 0 aliphatic carbocycles. The number of fused-ring (bicyclic) bond motifs is 1. The summed E-state index contributed by atoms with van der Waals surface area (Å²) < 4.78 is 41.7. The average molecular weight is 387 g/mol. The van der Waals surface area contributed by atoms with Crippen molar-refractivity contribution in [2.75, 3.05) is 13.1 Å². The van der Waals surface area contributed by atoms with E-state index in [1.807, 2.05) is 23.7 Å². The number of halogens is 3. The van der Waals surface area contributed by atoms with Crippen LogP contribution in [0.4, 0.5) is 13.2 Å². The summed E-state index contributed by atoms with van der Waals surface area (Å²) in [4.78, 5) is 19.0. The predicted octanol–water partition coefficient (Wildman–Crippen LogP) is 4.61. The second kappa shape index (κ2) is 6.96. The molecule has 0 bridgehead atoms. The second-order valence-electron chi connectivity index (χ2n) is 7.15. The maximum Gasteiger partial charge on any atom is 0.416 e. The summed E-state index contributed by atoms with van der Waals surface area (Å²) in [6.45, 7) is 0.870. The number of aromatic nitrogens is 2. The Hall–Kier alpha value is -2.83. The van der Waals surface area contributed by atoms with Crippen LogP contribution in [0.3, 0.4) is 0 Å². The number of likely N-dealkylation sites (tertiary alicyclic amines) is 1. The summed E-state index contributed by atoms with van der Waals surface area (Å²) >= 11 is 0. The predicted molar refractivity (Wildman–Crippen MR) is 100 cm³/mol. The van der Waals surface area contributed by atoms with Crippen LogP contribution in [0.15, 0.2) is 48.7 Å². The van der Waals surface area contributed by atoms with E-state index in [4.69, 9.17) is 0 Å². The third kappa shape index (κ3) is 3.25. The van der Waals surface area contributed by atoms with Gasteiger partial charge in [-0.2, -0.15) is 13.2 Å². The standard InChI is InChI=1S/C21H20F3N3O/c1-26-18-7-4-10-25-17(18)13-19(26)20(28)27-11-8-14(9-12-27)15-5-2-3-6-16(15)21(22,23)24/h2-7,10,13-14H,8-9,11-12H2,1H3. The molecule has 0 radical (unpaired) electrons. The lowest BCUT2D eigenvalue weighted by molar-refractivity contribution is -0.138. The number of aryl methyl sites for hydroxylation is 1. The number of carbonyl (C=O) groups excluding carboxylic acids is 1. The zero-order valence-corrected chi connectivity index (χ0v) is 15.4.